The molecule has 5 heteroatoms. The van der Waals surface area contributed by atoms with E-state index in [9.17, 15) is 18.0 Å². The Hall–Kier alpha value is -0.740. The zero-order valence-electron chi connectivity index (χ0n) is 8.73. The van der Waals surface area contributed by atoms with Crippen molar-refractivity contribution in [3.05, 3.63) is 0 Å². The molecule has 0 aromatic carbocycles. The molecular weight excluding hydrogens is 207 g/mol. The van der Waals surface area contributed by atoms with E-state index in [1.54, 1.807) is 0 Å². The van der Waals surface area contributed by atoms with Gasteiger partial charge in [0.25, 0.3) is 0 Å². The Labute approximate surface area is 87.2 Å². The van der Waals surface area contributed by atoms with Gasteiger partial charge in [-0.05, 0) is 18.8 Å². The van der Waals surface area contributed by atoms with Gasteiger partial charge in [-0.25, -0.2) is 0 Å². The molecule has 1 aliphatic rings. The Morgan fingerprint density at radius 3 is 2.47 bits per heavy atom. The molecule has 0 bridgehead atoms. The van der Waals surface area contributed by atoms with Crippen LogP contribution >= 0.6 is 0 Å². The van der Waals surface area contributed by atoms with Gasteiger partial charge in [-0.3, -0.25) is 4.79 Å². The first-order chi connectivity index (χ1) is 6.88. The highest BCUT2D eigenvalue weighted by Crippen LogP contribution is 2.34. The van der Waals surface area contributed by atoms with Crippen molar-refractivity contribution < 1.29 is 18.0 Å². The smallest absolute Gasteiger partial charge is 0.353 e. The molecule has 0 aliphatic heterocycles. The first-order valence-corrected chi connectivity index (χ1v) is 5.22. The Morgan fingerprint density at radius 1 is 1.33 bits per heavy atom. The number of amides is 1. The van der Waals surface area contributed by atoms with E-state index in [-0.39, 0.29) is 11.9 Å². The van der Waals surface area contributed by atoms with Gasteiger partial charge in [-0.15, -0.1) is 0 Å². The zero-order valence-corrected chi connectivity index (χ0v) is 8.73. The molecule has 1 amide bonds. The van der Waals surface area contributed by atoms with Gasteiger partial charge in [-0.1, -0.05) is 12.8 Å². The van der Waals surface area contributed by atoms with Crippen LogP contribution in [0.5, 0.6) is 0 Å². The lowest BCUT2D eigenvalue weighted by Crippen LogP contribution is -2.42. The van der Waals surface area contributed by atoms with Crippen molar-refractivity contribution in [3.8, 4) is 0 Å². The summed E-state index contributed by atoms with van der Waals surface area (Å²) in [4.78, 5) is 10.8. The van der Waals surface area contributed by atoms with Gasteiger partial charge in [0.1, 0.15) is 0 Å². The second-order valence-corrected chi connectivity index (χ2v) is 4.17. The summed E-state index contributed by atoms with van der Waals surface area (Å²) in [5.41, 5.74) is 0. The van der Waals surface area contributed by atoms with Crippen molar-refractivity contribution >= 4 is 5.91 Å². The molecule has 1 N–H and O–H groups in total. The SMILES string of the molecule is CC(=O)N[C@H]1CCCC[C@H]1CC(F)(F)F. The predicted octanol–water partition coefficient (Wildman–Crippen LogP) is 2.63. The van der Waals surface area contributed by atoms with Crippen molar-refractivity contribution in [2.24, 2.45) is 5.92 Å². The number of nitrogens with one attached hydrogen (secondary N) is 1. The lowest BCUT2D eigenvalue weighted by molar-refractivity contribution is -0.149. The molecule has 88 valence electrons. The van der Waals surface area contributed by atoms with E-state index in [0.717, 1.165) is 12.8 Å². The monoisotopic (exact) mass is 223 g/mol. The molecule has 0 aromatic heterocycles. The minimum absolute atomic E-state index is 0.242. The van der Waals surface area contributed by atoms with Crippen LogP contribution in [0.25, 0.3) is 0 Å². The number of rotatable bonds is 2. The van der Waals surface area contributed by atoms with Gasteiger partial charge >= 0.3 is 6.18 Å². The van der Waals surface area contributed by atoms with Gasteiger partial charge in [-0.2, -0.15) is 13.2 Å². The Kier molecular flexibility index (Phi) is 3.99. The maximum absolute atomic E-state index is 12.2. The van der Waals surface area contributed by atoms with Crippen molar-refractivity contribution in [1.29, 1.82) is 0 Å². The third-order valence-corrected chi connectivity index (χ3v) is 2.79. The minimum atomic E-state index is -4.13. The highest BCUT2D eigenvalue weighted by Gasteiger charge is 2.36. The lowest BCUT2D eigenvalue weighted by atomic mass is 9.82. The third-order valence-electron chi connectivity index (χ3n) is 2.79. The highest BCUT2D eigenvalue weighted by atomic mass is 19.4. The molecule has 0 spiro atoms. The van der Waals surface area contributed by atoms with Gasteiger partial charge < -0.3 is 5.32 Å². The summed E-state index contributed by atoms with van der Waals surface area (Å²) in [5, 5.41) is 2.62. The molecule has 1 aliphatic carbocycles. The summed E-state index contributed by atoms with van der Waals surface area (Å²) in [6.45, 7) is 1.35. The van der Waals surface area contributed by atoms with E-state index in [0.29, 0.717) is 12.8 Å². The average molecular weight is 223 g/mol. The molecule has 0 radical (unpaired) electrons. The van der Waals surface area contributed by atoms with Gasteiger partial charge in [0, 0.05) is 19.4 Å². The van der Waals surface area contributed by atoms with Crippen LogP contribution < -0.4 is 5.32 Å². The number of carbonyl (C=O) groups is 1. The normalized spacial score (nSPS) is 27.5. The zero-order chi connectivity index (χ0) is 11.5. The average Bonchev–Trinajstić information content (AvgIpc) is 2.05. The fourth-order valence-corrected chi connectivity index (χ4v) is 2.20. The molecule has 0 saturated heterocycles. The fourth-order valence-electron chi connectivity index (χ4n) is 2.20. The highest BCUT2D eigenvalue weighted by molar-refractivity contribution is 5.73. The topological polar surface area (TPSA) is 29.1 Å². The lowest BCUT2D eigenvalue weighted by Gasteiger charge is -2.32. The Bertz CT molecular complexity index is 227. The van der Waals surface area contributed by atoms with Crippen LogP contribution in [0.4, 0.5) is 13.2 Å². The molecule has 0 heterocycles. The van der Waals surface area contributed by atoms with E-state index in [4.69, 9.17) is 0 Å². The summed E-state index contributed by atoms with van der Waals surface area (Å²) in [5.74, 6) is -0.684. The standard InChI is InChI=1S/C10H16F3NO/c1-7(15)14-9-5-3-2-4-8(9)6-10(11,12)13/h8-9H,2-6H2,1H3,(H,14,15)/t8-,9-/m0/s1. The van der Waals surface area contributed by atoms with Crippen LogP contribution in [0, 0.1) is 5.92 Å². The van der Waals surface area contributed by atoms with Crippen LogP contribution in [0.1, 0.15) is 39.0 Å². The number of alkyl halides is 3. The number of carbonyl (C=O) groups excluding carboxylic acids is 1. The second-order valence-electron chi connectivity index (χ2n) is 4.17. The van der Waals surface area contributed by atoms with Crippen LogP contribution in [0.2, 0.25) is 0 Å². The van der Waals surface area contributed by atoms with E-state index >= 15 is 0 Å². The summed E-state index contributed by atoms with van der Waals surface area (Å²) in [6, 6.07) is -0.294. The van der Waals surface area contributed by atoms with Crippen LogP contribution in [0.15, 0.2) is 0 Å². The van der Waals surface area contributed by atoms with E-state index in [1.165, 1.54) is 6.92 Å². The molecule has 0 aromatic rings. The van der Waals surface area contributed by atoms with Crippen molar-refractivity contribution in [1.82, 2.24) is 5.32 Å². The number of halogens is 3. The molecule has 1 rings (SSSR count). The summed E-state index contributed by atoms with van der Waals surface area (Å²) < 4.78 is 36.7. The minimum Gasteiger partial charge on any atom is -0.353 e. The van der Waals surface area contributed by atoms with Gasteiger partial charge in [0.15, 0.2) is 0 Å². The molecule has 2 nitrogen and oxygen atoms in total. The van der Waals surface area contributed by atoms with Crippen LogP contribution in [0.3, 0.4) is 0 Å². The van der Waals surface area contributed by atoms with Gasteiger partial charge in [0.05, 0.1) is 0 Å². The first-order valence-electron chi connectivity index (χ1n) is 5.22. The second kappa shape index (κ2) is 4.86. The Balaban J connectivity index is 2.53. The van der Waals surface area contributed by atoms with E-state index in [1.807, 2.05) is 0 Å². The first kappa shape index (κ1) is 12.3. The molecule has 1 fully saturated rings. The Morgan fingerprint density at radius 2 is 1.93 bits per heavy atom. The third kappa shape index (κ3) is 4.53. The van der Waals surface area contributed by atoms with E-state index in [2.05, 4.69) is 5.32 Å². The number of hydrogen-bond donors (Lipinski definition) is 1. The molecule has 0 unspecified atom stereocenters. The molecule has 2 atom stereocenters. The molecule has 1 saturated carbocycles. The van der Waals surface area contributed by atoms with Crippen LogP contribution in [-0.4, -0.2) is 18.1 Å². The quantitative estimate of drug-likeness (QED) is 0.766. The van der Waals surface area contributed by atoms with Gasteiger partial charge in [0.2, 0.25) is 5.91 Å². The summed E-state index contributed by atoms with van der Waals surface area (Å²) >= 11 is 0. The fraction of sp³-hybridized carbons (Fsp3) is 0.900. The molecular formula is C10H16F3NO. The maximum Gasteiger partial charge on any atom is 0.389 e. The number of hydrogen-bond acceptors (Lipinski definition) is 1. The van der Waals surface area contributed by atoms with Crippen LogP contribution in [-0.2, 0) is 4.79 Å². The molecule has 15 heavy (non-hydrogen) atoms. The van der Waals surface area contributed by atoms with Crippen molar-refractivity contribution in [2.75, 3.05) is 0 Å². The van der Waals surface area contributed by atoms with Crippen molar-refractivity contribution in [3.63, 3.8) is 0 Å². The predicted molar refractivity (Wildman–Crippen MR) is 50.2 cm³/mol. The summed E-state index contributed by atoms with van der Waals surface area (Å²) in [7, 11) is 0. The largest absolute Gasteiger partial charge is 0.389 e. The van der Waals surface area contributed by atoms with E-state index < -0.39 is 18.5 Å². The summed E-state index contributed by atoms with van der Waals surface area (Å²) in [6.07, 6.45) is -1.95. The van der Waals surface area contributed by atoms with Crippen molar-refractivity contribution in [2.45, 2.75) is 51.2 Å². The maximum atomic E-state index is 12.2.